The molecular weight excluding hydrogens is 134 g/mol. The summed E-state index contributed by atoms with van der Waals surface area (Å²) in [7, 11) is 2.21. The molecule has 0 saturated heterocycles. The summed E-state index contributed by atoms with van der Waals surface area (Å²) in [6.07, 6.45) is 5.85. The summed E-state index contributed by atoms with van der Waals surface area (Å²) in [5, 5.41) is 0. The minimum atomic E-state index is 0.381. The lowest BCUT2D eigenvalue weighted by molar-refractivity contribution is 0.159. The van der Waals surface area contributed by atoms with E-state index in [1.165, 1.54) is 13.0 Å². The molecule has 0 fully saturated rings. The zero-order chi connectivity index (χ0) is 8.48. The summed E-state index contributed by atoms with van der Waals surface area (Å²) in [5.41, 5.74) is 0.381. The van der Waals surface area contributed by atoms with Crippen LogP contribution in [0, 0.1) is 5.41 Å². The average molecular weight is 153 g/mol. The molecule has 1 aliphatic heterocycles. The van der Waals surface area contributed by atoms with E-state index in [1.807, 2.05) is 0 Å². The fraction of sp³-hybridized carbons (Fsp3) is 0.800. The van der Waals surface area contributed by atoms with Gasteiger partial charge in [-0.05, 0) is 18.9 Å². The van der Waals surface area contributed by atoms with Gasteiger partial charge in [0.05, 0.1) is 0 Å². The lowest BCUT2D eigenvalue weighted by Gasteiger charge is -2.38. The molecule has 1 unspecified atom stereocenters. The molecule has 11 heavy (non-hydrogen) atoms. The third-order valence-corrected chi connectivity index (χ3v) is 2.33. The van der Waals surface area contributed by atoms with Crippen LogP contribution in [-0.4, -0.2) is 24.5 Å². The Hall–Kier alpha value is -0.300. The lowest BCUT2D eigenvalue weighted by atomic mass is 9.84. The maximum atomic E-state index is 2.43. The Morgan fingerprint density at radius 3 is 2.36 bits per heavy atom. The molecule has 1 aliphatic rings. The molecule has 0 bridgehead atoms. The second-order valence-electron chi connectivity index (χ2n) is 4.51. The van der Waals surface area contributed by atoms with Crippen LogP contribution in [0.3, 0.4) is 0 Å². The number of rotatable bonds is 0. The largest absolute Gasteiger partial charge is 0.299 e. The number of hydrogen-bond acceptors (Lipinski definition) is 1. The Morgan fingerprint density at radius 2 is 2.00 bits per heavy atom. The standard InChI is InChI=1S/C10H19N/c1-10(2,3)9-7-5-6-8-11(9)4/h5,7,9H,6,8H2,1-4H3. The molecule has 0 saturated carbocycles. The summed E-state index contributed by atoms with van der Waals surface area (Å²) >= 11 is 0. The van der Waals surface area contributed by atoms with Crippen molar-refractivity contribution in [2.45, 2.75) is 33.2 Å². The van der Waals surface area contributed by atoms with Crippen LogP contribution in [0.15, 0.2) is 12.2 Å². The first kappa shape index (κ1) is 8.79. The molecule has 0 aromatic heterocycles. The lowest BCUT2D eigenvalue weighted by Crippen LogP contribution is -2.42. The molecule has 1 atom stereocenters. The maximum absolute atomic E-state index is 2.43. The van der Waals surface area contributed by atoms with Crippen molar-refractivity contribution in [1.82, 2.24) is 4.90 Å². The zero-order valence-electron chi connectivity index (χ0n) is 8.09. The monoisotopic (exact) mass is 153 g/mol. The number of nitrogens with zero attached hydrogens (tertiary/aromatic N) is 1. The fourth-order valence-electron chi connectivity index (χ4n) is 1.74. The van der Waals surface area contributed by atoms with Crippen molar-refractivity contribution in [3.05, 3.63) is 12.2 Å². The molecule has 1 rings (SSSR count). The predicted molar refractivity (Wildman–Crippen MR) is 49.6 cm³/mol. The third kappa shape index (κ3) is 2.06. The van der Waals surface area contributed by atoms with Crippen LogP contribution in [-0.2, 0) is 0 Å². The molecule has 0 aromatic rings. The van der Waals surface area contributed by atoms with Gasteiger partial charge in [0.1, 0.15) is 0 Å². The van der Waals surface area contributed by atoms with Gasteiger partial charge in [0.15, 0.2) is 0 Å². The van der Waals surface area contributed by atoms with E-state index in [2.05, 4.69) is 44.9 Å². The molecule has 1 heteroatoms. The van der Waals surface area contributed by atoms with Crippen LogP contribution in [0.2, 0.25) is 0 Å². The average Bonchev–Trinajstić information content (AvgIpc) is 1.86. The number of hydrogen-bond donors (Lipinski definition) is 0. The van der Waals surface area contributed by atoms with Crippen molar-refractivity contribution >= 4 is 0 Å². The van der Waals surface area contributed by atoms with Gasteiger partial charge in [-0.1, -0.05) is 32.9 Å². The first-order valence-corrected chi connectivity index (χ1v) is 4.39. The summed E-state index contributed by atoms with van der Waals surface area (Å²) in [5.74, 6) is 0. The zero-order valence-corrected chi connectivity index (χ0v) is 8.09. The van der Waals surface area contributed by atoms with E-state index in [-0.39, 0.29) is 0 Å². The van der Waals surface area contributed by atoms with Gasteiger partial charge in [-0.15, -0.1) is 0 Å². The fourth-order valence-corrected chi connectivity index (χ4v) is 1.74. The van der Waals surface area contributed by atoms with E-state index in [1.54, 1.807) is 0 Å². The highest BCUT2D eigenvalue weighted by Crippen LogP contribution is 2.26. The molecule has 0 amide bonds. The van der Waals surface area contributed by atoms with Gasteiger partial charge in [0, 0.05) is 12.6 Å². The molecular formula is C10H19N. The SMILES string of the molecule is CN1CCC=CC1C(C)(C)C. The van der Waals surface area contributed by atoms with Gasteiger partial charge < -0.3 is 0 Å². The van der Waals surface area contributed by atoms with Gasteiger partial charge in [-0.2, -0.15) is 0 Å². The Balaban J connectivity index is 2.69. The Morgan fingerprint density at radius 1 is 1.36 bits per heavy atom. The Bertz CT molecular complexity index is 153. The molecule has 0 N–H and O–H groups in total. The van der Waals surface area contributed by atoms with Crippen molar-refractivity contribution in [2.75, 3.05) is 13.6 Å². The highest BCUT2D eigenvalue weighted by molar-refractivity contribution is 5.03. The quantitative estimate of drug-likeness (QED) is 0.483. The van der Waals surface area contributed by atoms with E-state index in [4.69, 9.17) is 0 Å². The topological polar surface area (TPSA) is 3.24 Å². The van der Waals surface area contributed by atoms with E-state index in [0.717, 1.165) is 0 Å². The summed E-state index contributed by atoms with van der Waals surface area (Å²) in [6.45, 7) is 8.09. The molecule has 0 aromatic carbocycles. The van der Waals surface area contributed by atoms with Gasteiger partial charge in [0.2, 0.25) is 0 Å². The van der Waals surface area contributed by atoms with Crippen molar-refractivity contribution < 1.29 is 0 Å². The second kappa shape index (κ2) is 2.98. The third-order valence-electron chi connectivity index (χ3n) is 2.33. The van der Waals surface area contributed by atoms with Crippen LogP contribution in [0.4, 0.5) is 0 Å². The highest BCUT2D eigenvalue weighted by atomic mass is 15.1. The first-order chi connectivity index (χ1) is 5.02. The summed E-state index contributed by atoms with van der Waals surface area (Å²) < 4.78 is 0. The smallest absolute Gasteiger partial charge is 0.0323 e. The molecule has 0 spiro atoms. The van der Waals surface area contributed by atoms with Crippen molar-refractivity contribution in [3.63, 3.8) is 0 Å². The van der Waals surface area contributed by atoms with E-state index >= 15 is 0 Å². The predicted octanol–water partition coefficient (Wildman–Crippen LogP) is 2.29. The molecule has 0 aliphatic carbocycles. The molecule has 64 valence electrons. The molecule has 1 nitrogen and oxygen atoms in total. The maximum Gasteiger partial charge on any atom is 0.0323 e. The molecule has 0 radical (unpaired) electrons. The van der Waals surface area contributed by atoms with Gasteiger partial charge in [-0.3, -0.25) is 4.90 Å². The summed E-state index contributed by atoms with van der Waals surface area (Å²) in [6, 6.07) is 0.622. The minimum Gasteiger partial charge on any atom is -0.299 e. The van der Waals surface area contributed by atoms with Crippen molar-refractivity contribution in [1.29, 1.82) is 0 Å². The van der Waals surface area contributed by atoms with Gasteiger partial charge in [0.25, 0.3) is 0 Å². The van der Waals surface area contributed by atoms with Gasteiger partial charge >= 0.3 is 0 Å². The normalized spacial score (nSPS) is 27.5. The van der Waals surface area contributed by atoms with Crippen LogP contribution in [0.5, 0.6) is 0 Å². The van der Waals surface area contributed by atoms with E-state index in [0.29, 0.717) is 11.5 Å². The molecule has 1 heterocycles. The van der Waals surface area contributed by atoms with Crippen LogP contribution in [0.1, 0.15) is 27.2 Å². The second-order valence-corrected chi connectivity index (χ2v) is 4.51. The van der Waals surface area contributed by atoms with Crippen LogP contribution >= 0.6 is 0 Å². The van der Waals surface area contributed by atoms with Crippen molar-refractivity contribution in [3.8, 4) is 0 Å². The Labute approximate surface area is 70.1 Å². The summed E-state index contributed by atoms with van der Waals surface area (Å²) in [4.78, 5) is 2.43. The first-order valence-electron chi connectivity index (χ1n) is 4.39. The van der Waals surface area contributed by atoms with Crippen LogP contribution < -0.4 is 0 Å². The van der Waals surface area contributed by atoms with E-state index in [9.17, 15) is 0 Å². The Kier molecular flexibility index (Phi) is 2.38. The van der Waals surface area contributed by atoms with Crippen LogP contribution in [0.25, 0.3) is 0 Å². The minimum absolute atomic E-state index is 0.381. The number of likely N-dealkylation sites (N-methyl/N-ethyl adjacent to an activating group) is 1. The van der Waals surface area contributed by atoms with Crippen molar-refractivity contribution in [2.24, 2.45) is 5.41 Å². The van der Waals surface area contributed by atoms with E-state index < -0.39 is 0 Å². The highest BCUT2D eigenvalue weighted by Gasteiger charge is 2.26. The van der Waals surface area contributed by atoms with Gasteiger partial charge in [-0.25, -0.2) is 0 Å².